The Bertz CT molecular complexity index is 652. The van der Waals surface area contributed by atoms with Crippen molar-refractivity contribution in [2.75, 3.05) is 19.5 Å². The molecule has 0 fully saturated rings. The molecule has 0 heterocycles. The molecular formula is C13H10BrFN2O4. The molecule has 1 rings (SSSR count). The van der Waals surface area contributed by atoms with Crippen LogP contribution in [0.5, 0.6) is 0 Å². The molecule has 110 valence electrons. The van der Waals surface area contributed by atoms with E-state index in [4.69, 9.17) is 5.26 Å². The Morgan fingerprint density at radius 3 is 2.57 bits per heavy atom. The number of methoxy groups -OCH3 is 2. The monoisotopic (exact) mass is 356 g/mol. The van der Waals surface area contributed by atoms with Crippen molar-refractivity contribution in [2.45, 2.75) is 0 Å². The van der Waals surface area contributed by atoms with Crippen LogP contribution in [-0.4, -0.2) is 26.2 Å². The summed E-state index contributed by atoms with van der Waals surface area (Å²) >= 11 is 3.13. The number of esters is 2. The smallest absolute Gasteiger partial charge is 0.354 e. The predicted octanol–water partition coefficient (Wildman–Crippen LogP) is 2.10. The third-order valence-corrected chi connectivity index (χ3v) is 2.97. The van der Waals surface area contributed by atoms with Gasteiger partial charge < -0.3 is 14.8 Å². The zero-order chi connectivity index (χ0) is 16.0. The number of carbonyl (C=O) groups is 2. The maximum Gasteiger partial charge on any atom is 0.354 e. The average molecular weight is 357 g/mol. The molecule has 0 unspecified atom stereocenters. The molecule has 8 heteroatoms. The number of nitriles is 1. The molecule has 0 aromatic heterocycles. The van der Waals surface area contributed by atoms with Crippen molar-refractivity contribution >= 4 is 33.6 Å². The summed E-state index contributed by atoms with van der Waals surface area (Å²) in [5.41, 5.74) is -0.259. The summed E-state index contributed by atoms with van der Waals surface area (Å²) in [6.45, 7) is 0. The van der Waals surface area contributed by atoms with E-state index in [1.807, 2.05) is 0 Å². The molecule has 0 bridgehead atoms. The molecule has 1 aromatic carbocycles. The van der Waals surface area contributed by atoms with Crippen LogP contribution in [0.4, 0.5) is 10.1 Å². The average Bonchev–Trinajstić information content (AvgIpc) is 2.48. The zero-order valence-corrected chi connectivity index (χ0v) is 12.7. The second-order valence-electron chi connectivity index (χ2n) is 3.62. The first-order chi connectivity index (χ1) is 9.92. The second-order valence-corrected chi connectivity index (χ2v) is 4.48. The first-order valence-electron chi connectivity index (χ1n) is 5.47. The van der Waals surface area contributed by atoms with Crippen molar-refractivity contribution in [3.05, 3.63) is 39.8 Å². The number of nitrogens with one attached hydrogen (secondary N) is 1. The summed E-state index contributed by atoms with van der Waals surface area (Å²) in [6.07, 6.45) is 0.869. The third-order valence-electron chi connectivity index (χ3n) is 2.32. The van der Waals surface area contributed by atoms with E-state index in [-0.39, 0.29) is 16.9 Å². The minimum Gasteiger partial charge on any atom is -0.466 e. The lowest BCUT2D eigenvalue weighted by Gasteiger charge is -2.11. The van der Waals surface area contributed by atoms with Gasteiger partial charge in [0.25, 0.3) is 0 Å². The van der Waals surface area contributed by atoms with Gasteiger partial charge in [-0.3, -0.25) is 0 Å². The van der Waals surface area contributed by atoms with Gasteiger partial charge in [0.15, 0.2) is 0 Å². The van der Waals surface area contributed by atoms with Gasteiger partial charge in [0.2, 0.25) is 0 Å². The molecule has 0 atom stereocenters. The largest absolute Gasteiger partial charge is 0.466 e. The lowest BCUT2D eigenvalue weighted by Crippen LogP contribution is -2.16. The van der Waals surface area contributed by atoms with E-state index < -0.39 is 17.8 Å². The van der Waals surface area contributed by atoms with E-state index in [0.29, 0.717) is 4.47 Å². The van der Waals surface area contributed by atoms with Crippen molar-refractivity contribution in [3.63, 3.8) is 0 Å². The Labute approximate surface area is 128 Å². The maximum atomic E-state index is 13.6. The lowest BCUT2D eigenvalue weighted by atomic mass is 10.2. The molecule has 0 radical (unpaired) electrons. The fourth-order valence-corrected chi connectivity index (χ4v) is 1.75. The van der Waals surface area contributed by atoms with Gasteiger partial charge in [-0.2, -0.15) is 5.26 Å². The Hall–Kier alpha value is -2.40. The summed E-state index contributed by atoms with van der Waals surface area (Å²) in [6, 6.07) is 3.93. The summed E-state index contributed by atoms with van der Waals surface area (Å²) in [7, 11) is 2.27. The summed E-state index contributed by atoms with van der Waals surface area (Å²) in [5.74, 6) is -2.39. The van der Waals surface area contributed by atoms with Crippen molar-refractivity contribution < 1.29 is 23.5 Å². The van der Waals surface area contributed by atoms with Crippen molar-refractivity contribution in [2.24, 2.45) is 0 Å². The molecule has 21 heavy (non-hydrogen) atoms. The Balaban J connectivity index is 3.19. The first-order valence-corrected chi connectivity index (χ1v) is 6.26. The van der Waals surface area contributed by atoms with Crippen LogP contribution in [-0.2, 0) is 19.1 Å². The molecule has 0 amide bonds. The van der Waals surface area contributed by atoms with Crippen LogP contribution in [0.3, 0.4) is 0 Å². The summed E-state index contributed by atoms with van der Waals surface area (Å²) < 4.78 is 22.8. The molecule has 0 aliphatic rings. The first kappa shape index (κ1) is 16.7. The van der Waals surface area contributed by atoms with Crippen molar-refractivity contribution in [3.8, 4) is 6.07 Å². The zero-order valence-electron chi connectivity index (χ0n) is 11.1. The Morgan fingerprint density at radius 1 is 1.38 bits per heavy atom. The van der Waals surface area contributed by atoms with E-state index in [1.165, 1.54) is 6.07 Å². The number of halogens is 2. The minimum atomic E-state index is -0.836. The van der Waals surface area contributed by atoms with Gasteiger partial charge in [-0.15, -0.1) is 0 Å². The number of ether oxygens (including phenoxy) is 2. The van der Waals surface area contributed by atoms with Gasteiger partial charge in [0.05, 0.1) is 31.5 Å². The summed E-state index contributed by atoms with van der Waals surface area (Å²) in [4.78, 5) is 22.8. The molecular weight excluding hydrogens is 347 g/mol. The minimum absolute atomic E-state index is 0.145. The third kappa shape index (κ3) is 4.29. The Morgan fingerprint density at radius 2 is 2.05 bits per heavy atom. The maximum absolute atomic E-state index is 13.6. The molecule has 0 saturated carbocycles. The highest BCUT2D eigenvalue weighted by Gasteiger charge is 2.16. The standard InChI is InChI=1S/C13H10BrFN2O4/c1-20-12(18)5-11(13(19)21-2)17-10-4-9(15)7(6-16)3-8(10)14/h3-5,17H,1-2H3/b11-5+. The van der Waals surface area contributed by atoms with Crippen LogP contribution < -0.4 is 5.32 Å². The van der Waals surface area contributed by atoms with E-state index in [0.717, 1.165) is 26.4 Å². The molecule has 1 aromatic rings. The highest BCUT2D eigenvalue weighted by molar-refractivity contribution is 9.10. The van der Waals surface area contributed by atoms with Gasteiger partial charge in [0, 0.05) is 4.47 Å². The number of nitrogens with zero attached hydrogens (tertiary/aromatic N) is 1. The van der Waals surface area contributed by atoms with Gasteiger partial charge in [-0.05, 0) is 28.1 Å². The number of anilines is 1. The number of carbonyl (C=O) groups excluding carboxylic acids is 2. The number of benzene rings is 1. The molecule has 0 aliphatic heterocycles. The van der Waals surface area contributed by atoms with E-state index in [2.05, 4.69) is 30.7 Å². The van der Waals surface area contributed by atoms with Crippen LogP contribution in [0.1, 0.15) is 5.56 Å². The quantitative estimate of drug-likeness (QED) is 0.656. The normalized spacial score (nSPS) is 10.5. The number of hydrogen-bond donors (Lipinski definition) is 1. The topological polar surface area (TPSA) is 88.4 Å². The van der Waals surface area contributed by atoms with Gasteiger partial charge in [0.1, 0.15) is 17.6 Å². The van der Waals surface area contributed by atoms with Gasteiger partial charge in [-0.25, -0.2) is 14.0 Å². The molecule has 6 nitrogen and oxygen atoms in total. The summed E-state index contributed by atoms with van der Waals surface area (Å²) in [5, 5.41) is 11.3. The van der Waals surface area contributed by atoms with Crippen molar-refractivity contribution in [1.82, 2.24) is 0 Å². The van der Waals surface area contributed by atoms with Crippen LogP contribution in [0, 0.1) is 17.1 Å². The highest BCUT2D eigenvalue weighted by atomic mass is 79.9. The van der Waals surface area contributed by atoms with Gasteiger partial charge >= 0.3 is 11.9 Å². The van der Waals surface area contributed by atoms with E-state index in [1.54, 1.807) is 6.07 Å². The van der Waals surface area contributed by atoms with Crippen LogP contribution in [0.15, 0.2) is 28.4 Å². The van der Waals surface area contributed by atoms with Crippen molar-refractivity contribution in [1.29, 1.82) is 5.26 Å². The fourth-order valence-electron chi connectivity index (χ4n) is 1.31. The highest BCUT2D eigenvalue weighted by Crippen LogP contribution is 2.27. The predicted molar refractivity (Wildman–Crippen MR) is 74.6 cm³/mol. The second kappa shape index (κ2) is 7.40. The molecule has 0 saturated heterocycles. The van der Waals surface area contributed by atoms with Crippen LogP contribution in [0.25, 0.3) is 0 Å². The molecule has 0 aliphatic carbocycles. The van der Waals surface area contributed by atoms with Crippen LogP contribution >= 0.6 is 15.9 Å². The lowest BCUT2D eigenvalue weighted by molar-refractivity contribution is -0.138. The molecule has 0 spiro atoms. The SMILES string of the molecule is COC(=O)/C=C(/Nc1cc(F)c(C#N)cc1Br)C(=O)OC. The molecule has 1 N–H and O–H groups in total. The van der Waals surface area contributed by atoms with Crippen LogP contribution in [0.2, 0.25) is 0 Å². The fraction of sp³-hybridized carbons (Fsp3) is 0.154. The van der Waals surface area contributed by atoms with Gasteiger partial charge in [-0.1, -0.05) is 0 Å². The van der Waals surface area contributed by atoms with E-state index in [9.17, 15) is 14.0 Å². The Kier molecular flexibility index (Phi) is 5.87. The van der Waals surface area contributed by atoms with E-state index >= 15 is 0 Å². The number of hydrogen-bond acceptors (Lipinski definition) is 6. The number of rotatable bonds is 4.